The van der Waals surface area contributed by atoms with Crippen molar-refractivity contribution in [1.29, 1.82) is 5.26 Å². The molecule has 13 heteroatoms. The van der Waals surface area contributed by atoms with E-state index in [-0.39, 0.29) is 39.0 Å². The first-order valence-corrected chi connectivity index (χ1v) is 13.4. The number of amides is 1. The van der Waals surface area contributed by atoms with Crippen molar-refractivity contribution in [3.8, 4) is 11.8 Å². The van der Waals surface area contributed by atoms with Crippen LogP contribution in [0.2, 0.25) is 0 Å². The summed E-state index contributed by atoms with van der Waals surface area (Å²) >= 11 is 5.30. The summed E-state index contributed by atoms with van der Waals surface area (Å²) in [6, 6.07) is 23.8. The number of carbonyl (C=O) groups is 3. The molecule has 3 aromatic rings. The zero-order valence-electron chi connectivity index (χ0n) is 23.9. The molecular weight excluding hydrogens is 584 g/mol. The number of carbonyl (C=O) groups excluding carboxylic acids is 3. The lowest BCUT2D eigenvalue weighted by Crippen LogP contribution is -2.45. The molecule has 3 aromatic carbocycles. The molecule has 224 valence electrons. The number of nitrogens with two attached hydrogens (primary N) is 1. The van der Waals surface area contributed by atoms with Gasteiger partial charge in [0.2, 0.25) is 0 Å². The van der Waals surface area contributed by atoms with Crippen LogP contribution < -0.4 is 31.5 Å². The first-order chi connectivity index (χ1) is 21.2. The van der Waals surface area contributed by atoms with Gasteiger partial charge in [-0.1, -0.05) is 42.5 Å². The number of para-hydroxylation sites is 1. The number of methoxy groups -OCH3 is 3. The molecular formula is C31H28N6O6S. The molecule has 1 heterocycles. The molecule has 0 aliphatic carbocycles. The summed E-state index contributed by atoms with van der Waals surface area (Å²) in [5.74, 6) is -3.06. The Morgan fingerprint density at radius 3 is 2.14 bits per heavy atom. The van der Waals surface area contributed by atoms with Gasteiger partial charge in [0, 0.05) is 5.69 Å². The van der Waals surface area contributed by atoms with E-state index in [0.29, 0.717) is 17.0 Å². The number of hydrogen-bond acceptors (Lipinski definition) is 10. The van der Waals surface area contributed by atoms with Crippen LogP contribution in [0, 0.1) is 11.3 Å². The predicted molar refractivity (Wildman–Crippen MR) is 166 cm³/mol. The smallest absolute Gasteiger partial charge is 0.355 e. The topological polar surface area (TPSA) is 168 Å². The first kappa shape index (κ1) is 31.1. The highest BCUT2D eigenvalue weighted by Gasteiger charge is 2.43. The van der Waals surface area contributed by atoms with Crippen molar-refractivity contribution in [3.05, 3.63) is 113 Å². The second kappa shape index (κ2) is 13.9. The molecule has 0 fully saturated rings. The average Bonchev–Trinajstić information content (AvgIpc) is 3.06. The Labute approximate surface area is 258 Å². The summed E-state index contributed by atoms with van der Waals surface area (Å²) in [7, 11) is 3.84. The van der Waals surface area contributed by atoms with Crippen LogP contribution in [-0.4, -0.2) is 44.3 Å². The molecule has 1 aliphatic rings. The summed E-state index contributed by atoms with van der Waals surface area (Å²) in [5, 5.41) is 13.3. The number of hydrogen-bond donors (Lipinski definition) is 4. The number of ether oxygens (including phenoxy) is 3. The van der Waals surface area contributed by atoms with Gasteiger partial charge in [0.05, 0.1) is 55.7 Å². The van der Waals surface area contributed by atoms with Crippen molar-refractivity contribution >= 4 is 46.6 Å². The van der Waals surface area contributed by atoms with Crippen LogP contribution in [0.15, 0.2) is 102 Å². The number of nitriles is 1. The van der Waals surface area contributed by atoms with E-state index in [1.807, 2.05) is 0 Å². The van der Waals surface area contributed by atoms with E-state index in [1.54, 1.807) is 73.8 Å². The summed E-state index contributed by atoms with van der Waals surface area (Å²) in [6.45, 7) is 0. The quantitative estimate of drug-likeness (QED) is 0.175. The Morgan fingerprint density at radius 1 is 0.886 bits per heavy atom. The third-order valence-electron chi connectivity index (χ3n) is 6.64. The number of thiocarbonyl (C=S) groups is 1. The maximum absolute atomic E-state index is 13.5. The van der Waals surface area contributed by atoms with E-state index in [1.165, 1.54) is 12.1 Å². The molecule has 0 radical (unpaired) electrons. The highest BCUT2D eigenvalue weighted by Crippen LogP contribution is 2.43. The fourth-order valence-corrected chi connectivity index (χ4v) is 4.81. The standard InChI is InChI=1S/C31H28N6O6S/c1-41-20-15-13-19(14-16-20)34-31(44)36-35-28(38)21-11-7-8-12-23(21)37-26(30(40)43-3)25(29(39)42-2)24(22(17-32)27(37)33)18-9-5-4-6-10-18/h4-16,24H,33H2,1-3H3,(H,35,38)(H2,34,36,44). The van der Waals surface area contributed by atoms with Gasteiger partial charge in [-0.15, -0.1) is 0 Å². The molecule has 4 rings (SSSR count). The molecule has 0 spiro atoms. The fourth-order valence-electron chi connectivity index (χ4n) is 4.64. The molecule has 1 atom stereocenters. The van der Waals surface area contributed by atoms with E-state index in [0.717, 1.165) is 19.1 Å². The van der Waals surface area contributed by atoms with E-state index in [2.05, 4.69) is 22.2 Å². The number of hydrazine groups is 1. The van der Waals surface area contributed by atoms with E-state index >= 15 is 0 Å². The lowest BCUT2D eigenvalue weighted by atomic mass is 9.80. The lowest BCUT2D eigenvalue weighted by Gasteiger charge is -2.36. The maximum atomic E-state index is 13.5. The second-order valence-corrected chi connectivity index (χ2v) is 9.52. The van der Waals surface area contributed by atoms with Crippen LogP contribution in [0.25, 0.3) is 0 Å². The molecule has 1 aliphatic heterocycles. The molecule has 44 heavy (non-hydrogen) atoms. The predicted octanol–water partition coefficient (Wildman–Crippen LogP) is 3.22. The molecule has 0 aromatic heterocycles. The molecule has 0 saturated heterocycles. The first-order valence-electron chi connectivity index (χ1n) is 13.0. The van der Waals surface area contributed by atoms with E-state index in [9.17, 15) is 19.6 Å². The molecule has 0 saturated carbocycles. The molecule has 5 N–H and O–H groups in total. The van der Waals surface area contributed by atoms with Gasteiger partial charge in [-0.2, -0.15) is 5.26 Å². The molecule has 12 nitrogen and oxygen atoms in total. The second-order valence-electron chi connectivity index (χ2n) is 9.11. The Hall–Kier alpha value is -5.87. The van der Waals surface area contributed by atoms with Crippen molar-refractivity contribution in [3.63, 3.8) is 0 Å². The number of esters is 2. The maximum Gasteiger partial charge on any atom is 0.355 e. The Morgan fingerprint density at radius 2 is 1.52 bits per heavy atom. The average molecular weight is 613 g/mol. The highest BCUT2D eigenvalue weighted by atomic mass is 32.1. The van der Waals surface area contributed by atoms with Gasteiger partial charge in [-0.25, -0.2) is 9.59 Å². The number of anilines is 2. The van der Waals surface area contributed by atoms with E-state index < -0.39 is 23.8 Å². The van der Waals surface area contributed by atoms with Crippen LogP contribution in [-0.2, 0) is 19.1 Å². The summed E-state index contributed by atoms with van der Waals surface area (Å²) in [6.07, 6.45) is 0. The van der Waals surface area contributed by atoms with Crippen molar-refractivity contribution < 1.29 is 28.6 Å². The summed E-state index contributed by atoms with van der Waals surface area (Å²) in [4.78, 5) is 41.3. The zero-order valence-corrected chi connectivity index (χ0v) is 24.7. The number of benzene rings is 3. The Kier molecular flexibility index (Phi) is 9.79. The van der Waals surface area contributed by atoms with Crippen molar-refractivity contribution in [2.45, 2.75) is 5.92 Å². The van der Waals surface area contributed by atoms with Crippen LogP contribution in [0.4, 0.5) is 11.4 Å². The Bertz CT molecular complexity index is 1700. The molecule has 1 amide bonds. The van der Waals surface area contributed by atoms with Gasteiger partial charge in [0.25, 0.3) is 5.91 Å². The van der Waals surface area contributed by atoms with Crippen molar-refractivity contribution in [2.75, 3.05) is 31.5 Å². The number of nitrogens with one attached hydrogen (secondary N) is 3. The number of allylic oxidation sites excluding steroid dienone is 1. The van der Waals surface area contributed by atoms with Crippen molar-refractivity contribution in [1.82, 2.24) is 10.9 Å². The van der Waals surface area contributed by atoms with Gasteiger partial charge in [-0.05, 0) is 54.2 Å². The third kappa shape index (κ3) is 6.30. The normalized spacial score (nSPS) is 14.2. The van der Waals surface area contributed by atoms with Gasteiger partial charge >= 0.3 is 11.9 Å². The lowest BCUT2D eigenvalue weighted by molar-refractivity contribution is -0.139. The van der Waals surface area contributed by atoms with Crippen LogP contribution in [0.1, 0.15) is 21.8 Å². The van der Waals surface area contributed by atoms with Gasteiger partial charge < -0.3 is 25.3 Å². The van der Waals surface area contributed by atoms with Crippen molar-refractivity contribution in [2.24, 2.45) is 5.73 Å². The van der Waals surface area contributed by atoms with Crippen LogP contribution in [0.3, 0.4) is 0 Å². The fraction of sp³-hybridized carbons (Fsp3) is 0.129. The van der Waals surface area contributed by atoms with Gasteiger partial charge in [0.15, 0.2) is 5.11 Å². The minimum atomic E-state index is -1.05. The number of rotatable bonds is 7. The minimum absolute atomic E-state index is 0.0243. The summed E-state index contributed by atoms with van der Waals surface area (Å²) < 4.78 is 15.3. The Balaban J connectivity index is 1.75. The van der Waals surface area contributed by atoms with Crippen LogP contribution >= 0.6 is 12.2 Å². The largest absolute Gasteiger partial charge is 0.497 e. The third-order valence-corrected chi connectivity index (χ3v) is 6.84. The molecule has 0 bridgehead atoms. The highest BCUT2D eigenvalue weighted by molar-refractivity contribution is 7.80. The van der Waals surface area contributed by atoms with Gasteiger partial charge in [-0.3, -0.25) is 20.5 Å². The SMILES string of the molecule is COC(=O)C1=C(C(=O)OC)N(c2ccccc2C(=O)NNC(=S)Nc2ccc(OC)cc2)C(N)=C(C#N)C1c1ccccc1. The van der Waals surface area contributed by atoms with Crippen LogP contribution in [0.5, 0.6) is 5.75 Å². The summed E-state index contributed by atoms with van der Waals surface area (Å²) in [5.41, 5.74) is 12.4. The monoisotopic (exact) mass is 612 g/mol. The zero-order chi connectivity index (χ0) is 31.8. The minimum Gasteiger partial charge on any atom is -0.497 e. The number of nitrogens with zero attached hydrogens (tertiary/aromatic N) is 2. The van der Waals surface area contributed by atoms with Gasteiger partial charge in [0.1, 0.15) is 17.3 Å². The molecule has 1 unspecified atom stereocenters. The van der Waals surface area contributed by atoms with E-state index in [4.69, 9.17) is 32.2 Å².